The van der Waals surface area contributed by atoms with Crippen LogP contribution in [0.3, 0.4) is 0 Å². The maximum Gasteiger partial charge on any atom is 0.307 e. The quantitative estimate of drug-likeness (QED) is 0.843. The monoisotopic (exact) mass is 333 g/mol. The molecule has 1 aromatic heterocycles. The Labute approximate surface area is 140 Å². The van der Waals surface area contributed by atoms with Gasteiger partial charge in [0.1, 0.15) is 0 Å². The van der Waals surface area contributed by atoms with Gasteiger partial charge in [-0.2, -0.15) is 0 Å². The smallest absolute Gasteiger partial charge is 0.307 e. The van der Waals surface area contributed by atoms with Crippen LogP contribution in [-0.4, -0.2) is 36.0 Å². The van der Waals surface area contributed by atoms with Crippen molar-refractivity contribution in [1.82, 2.24) is 14.8 Å². The first kappa shape index (κ1) is 17.4. The number of rotatable bonds is 7. The average Bonchev–Trinajstić information content (AvgIpc) is 2.84. The number of aromatic nitrogens is 1. The van der Waals surface area contributed by atoms with Crippen LogP contribution in [0, 0.1) is 6.92 Å². The van der Waals surface area contributed by atoms with E-state index < -0.39 is 0 Å². The number of hydrogen-bond acceptors (Lipinski definition) is 4. The molecule has 0 radical (unpaired) electrons. The second kappa shape index (κ2) is 8.08. The van der Waals surface area contributed by atoms with Crippen LogP contribution in [0.2, 0.25) is 0 Å². The highest BCUT2D eigenvalue weighted by molar-refractivity contribution is 7.07. The fraction of sp³-hybridized carbons (Fsp3) is 0.412. The van der Waals surface area contributed by atoms with Crippen LogP contribution in [0.15, 0.2) is 40.5 Å². The van der Waals surface area contributed by atoms with Crippen LogP contribution in [-0.2, 0) is 11.3 Å². The molecular weight excluding hydrogens is 310 g/mol. The highest BCUT2D eigenvalue weighted by atomic mass is 32.1. The van der Waals surface area contributed by atoms with Gasteiger partial charge in [-0.25, -0.2) is 0 Å². The van der Waals surface area contributed by atoms with E-state index in [0.717, 1.165) is 17.8 Å². The number of aryl methyl sites for hydroxylation is 1. The summed E-state index contributed by atoms with van der Waals surface area (Å²) in [4.78, 5) is 26.0. The van der Waals surface area contributed by atoms with E-state index in [-0.39, 0.29) is 16.8 Å². The van der Waals surface area contributed by atoms with Gasteiger partial charge in [-0.3, -0.25) is 9.59 Å². The van der Waals surface area contributed by atoms with Crippen molar-refractivity contribution in [3.8, 4) is 0 Å². The van der Waals surface area contributed by atoms with Gasteiger partial charge in [0.05, 0.1) is 6.04 Å². The Morgan fingerprint density at radius 3 is 2.57 bits per heavy atom. The van der Waals surface area contributed by atoms with E-state index in [1.54, 1.807) is 4.57 Å². The lowest BCUT2D eigenvalue weighted by molar-refractivity contribution is -0.122. The molecule has 124 valence electrons. The van der Waals surface area contributed by atoms with Gasteiger partial charge >= 0.3 is 4.87 Å². The predicted octanol–water partition coefficient (Wildman–Crippen LogP) is 2.03. The number of likely N-dealkylation sites (N-methyl/N-ethyl adjacent to an activating group) is 1. The molecule has 0 saturated heterocycles. The van der Waals surface area contributed by atoms with E-state index in [4.69, 9.17) is 0 Å². The van der Waals surface area contributed by atoms with Crippen LogP contribution in [0.5, 0.6) is 0 Å². The van der Waals surface area contributed by atoms with Crippen molar-refractivity contribution in [3.63, 3.8) is 0 Å². The minimum absolute atomic E-state index is 0.0109. The number of hydrogen-bond donors (Lipinski definition) is 1. The van der Waals surface area contributed by atoms with E-state index in [1.165, 1.54) is 11.3 Å². The lowest BCUT2D eigenvalue weighted by Crippen LogP contribution is -2.36. The van der Waals surface area contributed by atoms with E-state index >= 15 is 0 Å². The van der Waals surface area contributed by atoms with Crippen LogP contribution >= 0.6 is 11.3 Å². The lowest BCUT2D eigenvalue weighted by atomic mass is 10.1. The molecular formula is C17H23N3O2S. The molecule has 1 amide bonds. The summed E-state index contributed by atoms with van der Waals surface area (Å²) in [5.74, 6) is -0.0433. The minimum atomic E-state index is -0.0565. The molecule has 5 nitrogen and oxygen atoms in total. The second-order valence-electron chi connectivity index (χ2n) is 5.84. The van der Waals surface area contributed by atoms with Crippen molar-refractivity contribution in [2.24, 2.45) is 0 Å². The molecule has 2 aromatic rings. The molecule has 1 heterocycles. The van der Waals surface area contributed by atoms with E-state index in [0.29, 0.717) is 13.0 Å². The summed E-state index contributed by atoms with van der Waals surface area (Å²) in [5, 5.41) is 4.89. The topological polar surface area (TPSA) is 54.3 Å². The van der Waals surface area contributed by atoms with Crippen molar-refractivity contribution >= 4 is 17.2 Å². The maximum absolute atomic E-state index is 12.3. The molecule has 23 heavy (non-hydrogen) atoms. The summed E-state index contributed by atoms with van der Waals surface area (Å²) in [6.45, 7) is 3.03. The first-order valence-corrected chi connectivity index (χ1v) is 8.49. The summed E-state index contributed by atoms with van der Waals surface area (Å²) in [5.41, 5.74) is 1.99. The van der Waals surface area contributed by atoms with Crippen molar-refractivity contribution < 1.29 is 4.79 Å². The Hall–Kier alpha value is -1.92. The maximum atomic E-state index is 12.3. The molecule has 2 rings (SSSR count). The molecule has 0 bridgehead atoms. The highest BCUT2D eigenvalue weighted by Crippen LogP contribution is 2.13. The lowest BCUT2D eigenvalue weighted by Gasteiger charge is -2.23. The van der Waals surface area contributed by atoms with E-state index in [9.17, 15) is 9.59 Å². The van der Waals surface area contributed by atoms with Gasteiger partial charge in [-0.05, 0) is 26.6 Å². The number of nitrogens with one attached hydrogen (secondary N) is 1. The summed E-state index contributed by atoms with van der Waals surface area (Å²) < 4.78 is 1.65. The average molecular weight is 333 g/mol. The normalized spacial score (nSPS) is 12.3. The van der Waals surface area contributed by atoms with Gasteiger partial charge in [0.25, 0.3) is 0 Å². The zero-order chi connectivity index (χ0) is 16.8. The van der Waals surface area contributed by atoms with Crippen molar-refractivity contribution in [2.45, 2.75) is 25.9 Å². The molecule has 0 aliphatic heterocycles. The molecule has 0 aliphatic carbocycles. The highest BCUT2D eigenvalue weighted by Gasteiger charge is 2.15. The second-order valence-corrected chi connectivity index (χ2v) is 6.66. The van der Waals surface area contributed by atoms with Gasteiger partial charge in [0, 0.05) is 30.6 Å². The van der Waals surface area contributed by atoms with Crippen LogP contribution in [0.4, 0.5) is 0 Å². The van der Waals surface area contributed by atoms with Crippen LogP contribution in [0.1, 0.15) is 23.7 Å². The zero-order valence-electron chi connectivity index (χ0n) is 13.8. The fourth-order valence-electron chi connectivity index (χ4n) is 2.44. The molecule has 0 aliphatic rings. The first-order chi connectivity index (χ1) is 11.0. The SMILES string of the molecule is Cc1csc(=O)n1CCC(=O)NC(CN(C)C)c1ccccc1. The van der Waals surface area contributed by atoms with Gasteiger partial charge in [0.2, 0.25) is 5.91 Å². The number of benzene rings is 1. The number of carbonyl (C=O) groups is 1. The Bertz CT molecular complexity index is 691. The van der Waals surface area contributed by atoms with Crippen molar-refractivity contribution in [1.29, 1.82) is 0 Å². The van der Waals surface area contributed by atoms with Gasteiger partial charge in [0.15, 0.2) is 0 Å². The van der Waals surface area contributed by atoms with Crippen LogP contribution < -0.4 is 10.2 Å². The summed E-state index contributed by atoms with van der Waals surface area (Å²) in [6, 6.07) is 9.88. The molecule has 1 aromatic carbocycles. The summed E-state index contributed by atoms with van der Waals surface area (Å²) in [7, 11) is 3.97. The number of carbonyl (C=O) groups excluding carboxylic acids is 1. The van der Waals surface area contributed by atoms with E-state index in [1.807, 2.05) is 61.6 Å². The Kier molecular flexibility index (Phi) is 6.12. The van der Waals surface area contributed by atoms with Gasteiger partial charge < -0.3 is 14.8 Å². The Morgan fingerprint density at radius 2 is 2.00 bits per heavy atom. The van der Waals surface area contributed by atoms with Crippen molar-refractivity contribution in [2.75, 3.05) is 20.6 Å². The fourth-order valence-corrected chi connectivity index (χ4v) is 3.20. The molecule has 0 saturated carbocycles. The summed E-state index contributed by atoms with van der Waals surface area (Å²) >= 11 is 1.17. The number of nitrogens with zero attached hydrogens (tertiary/aromatic N) is 2. The molecule has 0 fully saturated rings. The van der Waals surface area contributed by atoms with E-state index in [2.05, 4.69) is 5.32 Å². The van der Waals surface area contributed by atoms with Crippen molar-refractivity contribution in [3.05, 3.63) is 56.6 Å². The third-order valence-electron chi connectivity index (χ3n) is 3.62. The molecule has 1 unspecified atom stereocenters. The molecule has 1 N–H and O–H groups in total. The predicted molar refractivity (Wildman–Crippen MR) is 93.8 cm³/mol. The zero-order valence-corrected chi connectivity index (χ0v) is 14.6. The largest absolute Gasteiger partial charge is 0.348 e. The van der Waals surface area contributed by atoms with Gasteiger partial charge in [-0.1, -0.05) is 41.7 Å². The summed E-state index contributed by atoms with van der Waals surface area (Å²) in [6.07, 6.45) is 0.300. The minimum Gasteiger partial charge on any atom is -0.348 e. The number of thiazole rings is 1. The third-order valence-corrected chi connectivity index (χ3v) is 4.50. The molecule has 0 spiro atoms. The molecule has 1 atom stereocenters. The number of amides is 1. The molecule has 6 heteroatoms. The van der Waals surface area contributed by atoms with Crippen LogP contribution in [0.25, 0.3) is 0 Å². The standard InChI is InChI=1S/C17H23N3O2S/c1-13-12-23-17(22)20(13)10-9-16(21)18-15(11-19(2)3)14-7-5-4-6-8-14/h4-8,12,15H,9-11H2,1-3H3,(H,18,21). The third kappa shape index (κ3) is 5.04. The first-order valence-electron chi connectivity index (χ1n) is 7.61. The Morgan fingerprint density at radius 1 is 1.30 bits per heavy atom. The van der Waals surface area contributed by atoms with Gasteiger partial charge in [-0.15, -0.1) is 0 Å². The Balaban J connectivity index is 1.99.